The number of aryl methyl sites for hydroxylation is 1. The van der Waals surface area contributed by atoms with Gasteiger partial charge in [0.05, 0.1) is 6.10 Å². The van der Waals surface area contributed by atoms with Gasteiger partial charge in [0.2, 0.25) is 0 Å². The maximum absolute atomic E-state index is 6.24. The van der Waals surface area contributed by atoms with Gasteiger partial charge in [-0.2, -0.15) is 11.8 Å². The van der Waals surface area contributed by atoms with E-state index in [4.69, 9.17) is 10.5 Å². The molecule has 1 aliphatic rings. The van der Waals surface area contributed by atoms with Crippen LogP contribution in [-0.2, 0) is 11.2 Å². The molecule has 0 amide bonds. The molecule has 2 atom stereocenters. The van der Waals surface area contributed by atoms with Crippen LogP contribution in [0.5, 0.6) is 0 Å². The first-order valence-corrected chi connectivity index (χ1v) is 8.49. The van der Waals surface area contributed by atoms with E-state index in [1.54, 1.807) is 0 Å². The molecule has 2 unspecified atom stereocenters. The summed E-state index contributed by atoms with van der Waals surface area (Å²) in [7, 11) is 0. The fourth-order valence-electron chi connectivity index (χ4n) is 2.42. The van der Waals surface area contributed by atoms with E-state index in [2.05, 4.69) is 31.2 Å². The lowest BCUT2D eigenvalue weighted by atomic mass is 10.0. The van der Waals surface area contributed by atoms with E-state index >= 15 is 0 Å². The highest BCUT2D eigenvalue weighted by Gasteiger charge is 2.16. The summed E-state index contributed by atoms with van der Waals surface area (Å²) in [6, 6.07) is 8.93. The predicted octanol–water partition coefficient (Wildman–Crippen LogP) is 3.55. The Hall–Kier alpha value is -0.510. The Labute approximate surface area is 121 Å². The number of thioether (sulfide) groups is 1. The van der Waals surface area contributed by atoms with Gasteiger partial charge in [-0.1, -0.05) is 37.6 Å². The molecule has 2 N–H and O–H groups in total. The zero-order chi connectivity index (χ0) is 13.5. The quantitative estimate of drug-likeness (QED) is 0.829. The average Bonchev–Trinajstić information content (AvgIpc) is 2.93. The molecule has 2 rings (SSSR count). The van der Waals surface area contributed by atoms with Gasteiger partial charge in [-0.15, -0.1) is 0 Å². The molecule has 0 radical (unpaired) electrons. The number of benzene rings is 1. The zero-order valence-corrected chi connectivity index (χ0v) is 12.6. The van der Waals surface area contributed by atoms with Crippen LogP contribution < -0.4 is 5.73 Å². The summed E-state index contributed by atoms with van der Waals surface area (Å²) in [5.74, 6) is 2.06. The Kier molecular flexibility index (Phi) is 6.21. The largest absolute Gasteiger partial charge is 0.377 e. The maximum atomic E-state index is 6.24. The van der Waals surface area contributed by atoms with Gasteiger partial charge < -0.3 is 10.5 Å². The third kappa shape index (κ3) is 4.83. The summed E-state index contributed by atoms with van der Waals surface area (Å²) in [5.41, 5.74) is 8.90. The average molecular weight is 279 g/mol. The van der Waals surface area contributed by atoms with Crippen LogP contribution in [0.25, 0.3) is 0 Å². The minimum Gasteiger partial charge on any atom is -0.377 e. The normalized spacial score (nSPS) is 20.6. The minimum absolute atomic E-state index is 0.141. The lowest BCUT2D eigenvalue weighted by Gasteiger charge is -2.14. The zero-order valence-electron chi connectivity index (χ0n) is 11.8. The second-order valence-electron chi connectivity index (χ2n) is 5.27. The summed E-state index contributed by atoms with van der Waals surface area (Å²) in [6.45, 7) is 3.15. The number of nitrogens with two attached hydrogens (primary N) is 1. The lowest BCUT2D eigenvalue weighted by molar-refractivity contribution is 0.129. The highest BCUT2D eigenvalue weighted by Crippen LogP contribution is 2.21. The first-order valence-electron chi connectivity index (χ1n) is 7.33. The second kappa shape index (κ2) is 7.93. The van der Waals surface area contributed by atoms with E-state index in [9.17, 15) is 0 Å². The van der Waals surface area contributed by atoms with Gasteiger partial charge in [0, 0.05) is 24.2 Å². The SMILES string of the molecule is CCCc1ccc(C(N)CSCC2CCCO2)cc1. The topological polar surface area (TPSA) is 35.2 Å². The summed E-state index contributed by atoms with van der Waals surface area (Å²) >= 11 is 1.92. The standard InChI is InChI=1S/C16H25NOS/c1-2-4-13-6-8-14(9-7-13)16(17)12-19-11-15-5-3-10-18-15/h6-9,15-16H,2-5,10-12,17H2,1H3. The summed E-state index contributed by atoms with van der Waals surface area (Å²) in [4.78, 5) is 0. The number of ether oxygens (including phenoxy) is 1. The molecule has 106 valence electrons. The molecule has 2 nitrogen and oxygen atoms in total. The first kappa shape index (κ1) is 14.9. The summed E-state index contributed by atoms with van der Waals surface area (Å²) < 4.78 is 5.62. The molecule has 1 heterocycles. The smallest absolute Gasteiger partial charge is 0.0666 e. The maximum Gasteiger partial charge on any atom is 0.0666 e. The van der Waals surface area contributed by atoms with Crippen molar-refractivity contribution in [3.63, 3.8) is 0 Å². The van der Waals surface area contributed by atoms with E-state index in [0.717, 1.165) is 24.5 Å². The molecular formula is C16H25NOS. The van der Waals surface area contributed by atoms with E-state index in [0.29, 0.717) is 6.10 Å². The highest BCUT2D eigenvalue weighted by molar-refractivity contribution is 7.99. The van der Waals surface area contributed by atoms with Crippen molar-refractivity contribution in [1.82, 2.24) is 0 Å². The Morgan fingerprint density at radius 1 is 1.37 bits per heavy atom. The highest BCUT2D eigenvalue weighted by atomic mass is 32.2. The molecule has 1 saturated heterocycles. The first-order chi connectivity index (χ1) is 9.29. The Morgan fingerprint density at radius 3 is 2.79 bits per heavy atom. The van der Waals surface area contributed by atoms with Gasteiger partial charge >= 0.3 is 0 Å². The Balaban J connectivity index is 1.73. The van der Waals surface area contributed by atoms with Crippen LogP contribution >= 0.6 is 11.8 Å². The molecule has 0 saturated carbocycles. The Morgan fingerprint density at radius 2 is 2.16 bits per heavy atom. The van der Waals surface area contributed by atoms with Gasteiger partial charge in [-0.3, -0.25) is 0 Å². The lowest BCUT2D eigenvalue weighted by Crippen LogP contribution is -2.15. The molecule has 0 aromatic heterocycles. The summed E-state index contributed by atoms with van der Waals surface area (Å²) in [5, 5.41) is 0. The summed E-state index contributed by atoms with van der Waals surface area (Å²) in [6.07, 6.45) is 5.25. The van der Waals surface area contributed by atoms with E-state index < -0.39 is 0 Å². The van der Waals surface area contributed by atoms with E-state index in [1.165, 1.54) is 30.4 Å². The molecule has 19 heavy (non-hydrogen) atoms. The third-order valence-corrected chi connectivity index (χ3v) is 4.77. The molecule has 0 bridgehead atoms. The van der Waals surface area contributed by atoms with Crippen LogP contribution in [0.2, 0.25) is 0 Å². The molecule has 1 aliphatic heterocycles. The van der Waals surface area contributed by atoms with Crippen LogP contribution in [0.15, 0.2) is 24.3 Å². The fraction of sp³-hybridized carbons (Fsp3) is 0.625. The minimum atomic E-state index is 0.141. The van der Waals surface area contributed by atoms with Gasteiger partial charge in [0.1, 0.15) is 0 Å². The van der Waals surface area contributed by atoms with Gasteiger partial charge in [-0.05, 0) is 30.4 Å². The van der Waals surface area contributed by atoms with Crippen LogP contribution in [0, 0.1) is 0 Å². The van der Waals surface area contributed by atoms with Crippen molar-refractivity contribution in [2.75, 3.05) is 18.1 Å². The van der Waals surface area contributed by atoms with Gasteiger partial charge in [0.25, 0.3) is 0 Å². The van der Waals surface area contributed by atoms with Crippen molar-refractivity contribution < 1.29 is 4.74 Å². The molecule has 1 fully saturated rings. The molecular weight excluding hydrogens is 254 g/mol. The third-order valence-electron chi connectivity index (χ3n) is 3.57. The van der Waals surface area contributed by atoms with Crippen molar-refractivity contribution in [3.05, 3.63) is 35.4 Å². The molecule has 1 aromatic rings. The van der Waals surface area contributed by atoms with Crippen LogP contribution in [0.4, 0.5) is 0 Å². The van der Waals surface area contributed by atoms with Crippen molar-refractivity contribution in [2.24, 2.45) is 5.73 Å². The molecule has 0 spiro atoms. The molecule has 3 heteroatoms. The number of hydrogen-bond donors (Lipinski definition) is 1. The van der Waals surface area contributed by atoms with Gasteiger partial charge in [0.15, 0.2) is 0 Å². The van der Waals surface area contributed by atoms with Crippen molar-refractivity contribution in [1.29, 1.82) is 0 Å². The number of hydrogen-bond acceptors (Lipinski definition) is 3. The molecule has 0 aliphatic carbocycles. The van der Waals surface area contributed by atoms with Gasteiger partial charge in [-0.25, -0.2) is 0 Å². The van der Waals surface area contributed by atoms with Crippen molar-refractivity contribution >= 4 is 11.8 Å². The van der Waals surface area contributed by atoms with Crippen LogP contribution in [0.3, 0.4) is 0 Å². The second-order valence-corrected chi connectivity index (χ2v) is 6.35. The fourth-order valence-corrected chi connectivity index (χ4v) is 3.53. The van der Waals surface area contributed by atoms with Crippen molar-refractivity contribution in [2.45, 2.75) is 44.8 Å². The monoisotopic (exact) mass is 279 g/mol. The van der Waals surface area contributed by atoms with Crippen LogP contribution in [-0.4, -0.2) is 24.2 Å². The predicted molar refractivity (Wildman–Crippen MR) is 83.7 cm³/mol. The van der Waals surface area contributed by atoms with Crippen LogP contribution in [0.1, 0.15) is 43.4 Å². The Bertz CT molecular complexity index is 360. The molecule has 1 aromatic carbocycles. The van der Waals surface area contributed by atoms with E-state index in [1.807, 2.05) is 11.8 Å². The number of rotatable bonds is 7. The van der Waals surface area contributed by atoms with E-state index in [-0.39, 0.29) is 6.04 Å². The van der Waals surface area contributed by atoms with Crippen molar-refractivity contribution in [3.8, 4) is 0 Å².